The van der Waals surface area contributed by atoms with Gasteiger partial charge in [0.15, 0.2) is 11.5 Å². The molecule has 1 aromatic carbocycles. The lowest BCUT2D eigenvalue weighted by Gasteiger charge is -2.14. The smallest absolute Gasteiger partial charge is 0.200 e. The summed E-state index contributed by atoms with van der Waals surface area (Å²) < 4.78 is 0. The highest BCUT2D eigenvalue weighted by molar-refractivity contribution is 5.85. The number of benzene rings is 1. The van der Waals surface area contributed by atoms with Gasteiger partial charge in [0.2, 0.25) is 5.75 Å². The van der Waals surface area contributed by atoms with Crippen LogP contribution in [0.5, 0.6) is 17.2 Å². The van der Waals surface area contributed by atoms with Gasteiger partial charge in [0, 0.05) is 11.6 Å². The van der Waals surface area contributed by atoms with Crippen molar-refractivity contribution in [3.63, 3.8) is 0 Å². The van der Waals surface area contributed by atoms with Crippen LogP contribution in [-0.4, -0.2) is 15.3 Å². The lowest BCUT2D eigenvalue weighted by Crippen LogP contribution is -2.10. The molecule has 1 atom stereocenters. The summed E-state index contributed by atoms with van der Waals surface area (Å²) in [5, 5.41) is 28.0. The van der Waals surface area contributed by atoms with Gasteiger partial charge in [0.25, 0.3) is 0 Å². The van der Waals surface area contributed by atoms with Gasteiger partial charge in [0.05, 0.1) is 0 Å². The van der Waals surface area contributed by atoms with E-state index in [0.717, 1.165) is 19.3 Å². The quantitative estimate of drug-likeness (QED) is 0.616. The summed E-state index contributed by atoms with van der Waals surface area (Å²) in [5.74, 6) is -1.16. The highest BCUT2D eigenvalue weighted by Crippen LogP contribution is 2.39. The number of phenols is 3. The lowest BCUT2D eigenvalue weighted by molar-refractivity contribution is 0.362. The molecule has 0 bridgehead atoms. The SMILES string of the molecule is CCCC[C@H](N)c1ccc(O)c(O)c1O.Cl. The molecule has 0 spiro atoms. The third-order valence-electron chi connectivity index (χ3n) is 2.43. The fourth-order valence-electron chi connectivity index (χ4n) is 1.46. The second-order valence-corrected chi connectivity index (χ2v) is 3.62. The molecular formula is C11H18ClNO3. The number of aromatic hydroxyl groups is 3. The Balaban J connectivity index is 0.00000225. The van der Waals surface area contributed by atoms with Crippen LogP contribution in [0, 0.1) is 0 Å². The van der Waals surface area contributed by atoms with Crippen molar-refractivity contribution in [1.82, 2.24) is 0 Å². The molecule has 0 fully saturated rings. The first kappa shape index (κ1) is 14.9. The Labute approximate surface area is 101 Å². The summed E-state index contributed by atoms with van der Waals surface area (Å²) in [6.07, 6.45) is 2.73. The summed E-state index contributed by atoms with van der Waals surface area (Å²) in [7, 11) is 0. The van der Waals surface area contributed by atoms with E-state index in [-0.39, 0.29) is 29.9 Å². The first-order valence-corrected chi connectivity index (χ1v) is 5.07. The Hall–Kier alpha value is -1.13. The zero-order valence-electron chi connectivity index (χ0n) is 9.18. The minimum atomic E-state index is -0.501. The van der Waals surface area contributed by atoms with Crippen LogP contribution >= 0.6 is 12.4 Å². The van der Waals surface area contributed by atoms with Crippen molar-refractivity contribution in [2.75, 3.05) is 0 Å². The molecule has 0 amide bonds. The maximum Gasteiger partial charge on any atom is 0.200 e. The van der Waals surface area contributed by atoms with Gasteiger partial charge in [0.1, 0.15) is 0 Å². The maximum atomic E-state index is 9.56. The Bertz CT molecular complexity index is 344. The van der Waals surface area contributed by atoms with Gasteiger partial charge in [-0.2, -0.15) is 0 Å². The average Bonchev–Trinajstić information content (AvgIpc) is 2.23. The molecule has 0 unspecified atom stereocenters. The zero-order valence-corrected chi connectivity index (χ0v) is 10.00. The first-order chi connectivity index (χ1) is 7.07. The molecule has 0 aliphatic rings. The first-order valence-electron chi connectivity index (χ1n) is 5.07. The van der Waals surface area contributed by atoms with Crippen molar-refractivity contribution in [2.45, 2.75) is 32.2 Å². The van der Waals surface area contributed by atoms with Crippen LogP contribution in [0.3, 0.4) is 0 Å². The van der Waals surface area contributed by atoms with Crippen LogP contribution in [0.2, 0.25) is 0 Å². The number of halogens is 1. The lowest BCUT2D eigenvalue weighted by atomic mass is 10.0. The Morgan fingerprint density at radius 2 is 1.81 bits per heavy atom. The van der Waals surface area contributed by atoms with Crippen LogP contribution in [0.4, 0.5) is 0 Å². The van der Waals surface area contributed by atoms with Crippen LogP contribution in [0.1, 0.15) is 37.8 Å². The number of rotatable bonds is 4. The molecule has 16 heavy (non-hydrogen) atoms. The molecule has 5 N–H and O–H groups in total. The van der Waals surface area contributed by atoms with Crippen molar-refractivity contribution < 1.29 is 15.3 Å². The third-order valence-corrected chi connectivity index (χ3v) is 2.43. The fourth-order valence-corrected chi connectivity index (χ4v) is 1.46. The summed E-state index contributed by atoms with van der Waals surface area (Å²) in [5.41, 5.74) is 6.32. The molecule has 1 rings (SSSR count). The van der Waals surface area contributed by atoms with E-state index in [4.69, 9.17) is 10.8 Å². The second kappa shape index (κ2) is 6.45. The second-order valence-electron chi connectivity index (χ2n) is 3.62. The van der Waals surface area contributed by atoms with Crippen LogP contribution < -0.4 is 5.73 Å². The van der Waals surface area contributed by atoms with Crippen molar-refractivity contribution in [1.29, 1.82) is 0 Å². The van der Waals surface area contributed by atoms with Gasteiger partial charge in [-0.05, 0) is 18.6 Å². The molecule has 0 aromatic heterocycles. The normalized spacial score (nSPS) is 11.9. The molecule has 0 radical (unpaired) electrons. The van der Waals surface area contributed by atoms with Crippen molar-refractivity contribution in [2.24, 2.45) is 5.73 Å². The highest BCUT2D eigenvalue weighted by Gasteiger charge is 2.15. The van der Waals surface area contributed by atoms with Gasteiger partial charge in [-0.15, -0.1) is 12.4 Å². The van der Waals surface area contributed by atoms with Gasteiger partial charge in [-0.1, -0.05) is 19.8 Å². The van der Waals surface area contributed by atoms with Gasteiger partial charge < -0.3 is 21.1 Å². The Morgan fingerprint density at radius 3 is 2.38 bits per heavy atom. The van der Waals surface area contributed by atoms with Crippen molar-refractivity contribution in [3.05, 3.63) is 17.7 Å². The predicted molar refractivity (Wildman–Crippen MR) is 65.1 cm³/mol. The standard InChI is InChI=1S/C11H17NO3.ClH/c1-2-3-4-8(12)7-5-6-9(13)11(15)10(7)14;/h5-6,8,13-15H,2-4,12H2,1H3;1H/t8-;/m0./s1. The Kier molecular flexibility index (Phi) is 6.00. The molecule has 0 aliphatic carbocycles. The van der Waals surface area contributed by atoms with E-state index in [2.05, 4.69) is 6.92 Å². The molecule has 0 aliphatic heterocycles. The average molecular weight is 248 g/mol. The monoisotopic (exact) mass is 247 g/mol. The third kappa shape index (κ3) is 3.18. The molecule has 0 heterocycles. The predicted octanol–water partition coefficient (Wildman–Crippen LogP) is 2.42. The number of hydrogen-bond donors (Lipinski definition) is 4. The molecule has 5 heteroatoms. The number of nitrogens with two attached hydrogens (primary N) is 1. The van der Waals surface area contributed by atoms with Gasteiger partial charge in [-0.3, -0.25) is 0 Å². The maximum absolute atomic E-state index is 9.56. The van der Waals surface area contributed by atoms with E-state index in [0.29, 0.717) is 5.56 Å². The molecule has 0 saturated heterocycles. The minimum Gasteiger partial charge on any atom is -0.504 e. The van der Waals surface area contributed by atoms with E-state index < -0.39 is 5.75 Å². The molecule has 0 saturated carbocycles. The van der Waals surface area contributed by atoms with E-state index in [1.54, 1.807) is 0 Å². The fraction of sp³-hybridized carbons (Fsp3) is 0.455. The van der Waals surface area contributed by atoms with Crippen LogP contribution in [0.25, 0.3) is 0 Å². The van der Waals surface area contributed by atoms with E-state index >= 15 is 0 Å². The number of phenolic OH excluding ortho intramolecular Hbond substituents is 3. The minimum absolute atomic E-state index is 0. The molecule has 4 nitrogen and oxygen atoms in total. The van der Waals surface area contributed by atoms with Crippen molar-refractivity contribution >= 4 is 12.4 Å². The molecular weight excluding hydrogens is 230 g/mol. The summed E-state index contributed by atoms with van der Waals surface area (Å²) in [4.78, 5) is 0. The highest BCUT2D eigenvalue weighted by atomic mass is 35.5. The topological polar surface area (TPSA) is 86.7 Å². The molecule has 92 valence electrons. The van der Waals surface area contributed by atoms with E-state index in [9.17, 15) is 10.2 Å². The zero-order chi connectivity index (χ0) is 11.4. The van der Waals surface area contributed by atoms with Gasteiger partial charge >= 0.3 is 0 Å². The number of hydrogen-bond acceptors (Lipinski definition) is 4. The summed E-state index contributed by atoms with van der Waals surface area (Å²) in [6, 6.07) is 2.55. The van der Waals surface area contributed by atoms with Crippen molar-refractivity contribution in [3.8, 4) is 17.2 Å². The summed E-state index contributed by atoms with van der Waals surface area (Å²) >= 11 is 0. The van der Waals surface area contributed by atoms with E-state index in [1.165, 1.54) is 12.1 Å². The Morgan fingerprint density at radius 1 is 1.19 bits per heavy atom. The number of unbranched alkanes of at least 4 members (excludes halogenated alkanes) is 1. The van der Waals surface area contributed by atoms with Crippen LogP contribution in [0.15, 0.2) is 12.1 Å². The van der Waals surface area contributed by atoms with E-state index in [1.807, 2.05) is 0 Å². The summed E-state index contributed by atoms with van der Waals surface area (Å²) in [6.45, 7) is 2.06. The van der Waals surface area contributed by atoms with Crippen LogP contribution in [-0.2, 0) is 0 Å². The largest absolute Gasteiger partial charge is 0.504 e. The molecule has 1 aromatic rings. The van der Waals surface area contributed by atoms with Gasteiger partial charge in [-0.25, -0.2) is 0 Å².